The lowest BCUT2D eigenvalue weighted by Crippen LogP contribution is -2.33. The molecule has 3 atom stereocenters. The fourth-order valence-electron chi connectivity index (χ4n) is 2.42. The SMILES string of the molecule is C[C@H]1OC2=C(C(=O)[C@@H]1C)[C@H](c1ccc(Cl)cc1)OC2=O. The summed E-state index contributed by atoms with van der Waals surface area (Å²) in [6, 6.07) is 6.88. The molecule has 0 amide bonds. The molecule has 5 heteroatoms. The molecule has 0 spiro atoms. The first-order valence-electron chi connectivity index (χ1n) is 6.40. The van der Waals surface area contributed by atoms with Crippen molar-refractivity contribution in [3.63, 3.8) is 0 Å². The van der Waals surface area contributed by atoms with Crippen LogP contribution in [0.1, 0.15) is 25.5 Å². The number of ketones is 1. The van der Waals surface area contributed by atoms with Crippen LogP contribution >= 0.6 is 11.6 Å². The van der Waals surface area contributed by atoms with Gasteiger partial charge in [-0.2, -0.15) is 0 Å². The van der Waals surface area contributed by atoms with E-state index in [1.807, 2.05) is 0 Å². The fraction of sp³-hybridized carbons (Fsp3) is 0.333. The van der Waals surface area contributed by atoms with Crippen LogP contribution in [-0.4, -0.2) is 17.9 Å². The van der Waals surface area contributed by atoms with Crippen molar-refractivity contribution in [3.05, 3.63) is 46.2 Å². The standard InChI is InChI=1S/C15H13ClO4/c1-7-8(2)19-14-11(12(7)17)13(20-15(14)18)9-3-5-10(16)6-4-9/h3-8,13H,1-2H3/t7-,8-,13+/m1/s1. The maximum Gasteiger partial charge on any atom is 0.375 e. The molecule has 20 heavy (non-hydrogen) atoms. The Kier molecular flexibility index (Phi) is 3.05. The summed E-state index contributed by atoms with van der Waals surface area (Å²) in [6.45, 7) is 3.56. The van der Waals surface area contributed by atoms with Crippen LogP contribution in [0, 0.1) is 5.92 Å². The second-order valence-corrected chi connectivity index (χ2v) is 5.49. The van der Waals surface area contributed by atoms with Gasteiger partial charge in [-0.3, -0.25) is 4.79 Å². The van der Waals surface area contributed by atoms with E-state index in [0.29, 0.717) is 16.2 Å². The molecule has 0 fully saturated rings. The molecule has 1 aromatic rings. The third kappa shape index (κ3) is 1.91. The van der Waals surface area contributed by atoms with Gasteiger partial charge in [0.15, 0.2) is 11.9 Å². The van der Waals surface area contributed by atoms with Gasteiger partial charge in [-0.1, -0.05) is 30.7 Å². The minimum atomic E-state index is -0.697. The van der Waals surface area contributed by atoms with Crippen molar-refractivity contribution in [2.75, 3.05) is 0 Å². The Balaban J connectivity index is 2.05. The highest BCUT2D eigenvalue weighted by molar-refractivity contribution is 6.30. The molecule has 4 nitrogen and oxygen atoms in total. The number of Topliss-reactive ketones (excluding diaryl/α,β-unsaturated/α-hetero) is 1. The van der Waals surface area contributed by atoms with Gasteiger partial charge in [0.05, 0.1) is 11.5 Å². The van der Waals surface area contributed by atoms with Crippen LogP contribution in [-0.2, 0) is 19.1 Å². The Bertz CT molecular complexity index is 617. The minimum absolute atomic E-state index is 0.0561. The summed E-state index contributed by atoms with van der Waals surface area (Å²) < 4.78 is 10.8. The second-order valence-electron chi connectivity index (χ2n) is 5.06. The summed E-state index contributed by atoms with van der Waals surface area (Å²) in [7, 11) is 0. The zero-order valence-corrected chi connectivity index (χ0v) is 11.8. The molecule has 2 aliphatic heterocycles. The molecule has 0 radical (unpaired) electrons. The van der Waals surface area contributed by atoms with Gasteiger partial charge < -0.3 is 9.47 Å². The van der Waals surface area contributed by atoms with Gasteiger partial charge in [0.25, 0.3) is 0 Å². The third-order valence-corrected chi connectivity index (χ3v) is 4.03. The molecule has 0 unspecified atom stereocenters. The van der Waals surface area contributed by atoms with Gasteiger partial charge in [0.1, 0.15) is 6.10 Å². The lowest BCUT2D eigenvalue weighted by molar-refractivity contribution is -0.144. The molecule has 0 saturated heterocycles. The molecule has 0 aromatic heterocycles. The molecule has 104 valence electrons. The van der Waals surface area contributed by atoms with Crippen LogP contribution in [0.15, 0.2) is 35.6 Å². The Hall–Kier alpha value is -1.81. The number of carbonyl (C=O) groups excluding carboxylic acids is 2. The average Bonchev–Trinajstić information content (AvgIpc) is 2.74. The van der Waals surface area contributed by atoms with Gasteiger partial charge in [-0.15, -0.1) is 0 Å². The van der Waals surface area contributed by atoms with Crippen molar-refractivity contribution in [1.82, 2.24) is 0 Å². The minimum Gasteiger partial charge on any atom is -0.482 e. The van der Waals surface area contributed by atoms with E-state index in [4.69, 9.17) is 21.1 Å². The van der Waals surface area contributed by atoms with E-state index in [9.17, 15) is 9.59 Å². The number of rotatable bonds is 1. The molecule has 0 saturated carbocycles. The van der Waals surface area contributed by atoms with E-state index in [-0.39, 0.29) is 23.6 Å². The second kappa shape index (κ2) is 4.63. The van der Waals surface area contributed by atoms with Gasteiger partial charge in [-0.25, -0.2) is 4.79 Å². The number of benzene rings is 1. The van der Waals surface area contributed by atoms with E-state index < -0.39 is 12.1 Å². The van der Waals surface area contributed by atoms with Crippen LogP contribution in [0.4, 0.5) is 0 Å². The summed E-state index contributed by atoms with van der Waals surface area (Å²) in [5.74, 6) is -0.907. The van der Waals surface area contributed by atoms with E-state index in [0.717, 1.165) is 0 Å². The predicted octanol–water partition coefficient (Wildman–Crippen LogP) is 2.82. The molecule has 0 N–H and O–H groups in total. The molecule has 1 aromatic carbocycles. The highest BCUT2D eigenvalue weighted by Gasteiger charge is 2.47. The Morgan fingerprint density at radius 2 is 1.70 bits per heavy atom. The van der Waals surface area contributed by atoms with Crippen LogP contribution < -0.4 is 0 Å². The molecular formula is C15H13ClO4. The molecule has 2 aliphatic rings. The normalized spacial score (nSPS) is 29.1. The van der Waals surface area contributed by atoms with Crippen LogP contribution in [0.25, 0.3) is 0 Å². The highest BCUT2D eigenvalue weighted by Crippen LogP contribution is 2.41. The molecular weight excluding hydrogens is 280 g/mol. The van der Waals surface area contributed by atoms with E-state index >= 15 is 0 Å². The summed E-state index contributed by atoms with van der Waals surface area (Å²) >= 11 is 5.84. The summed E-state index contributed by atoms with van der Waals surface area (Å²) in [5.41, 5.74) is 1.04. The zero-order valence-electron chi connectivity index (χ0n) is 11.1. The monoisotopic (exact) mass is 292 g/mol. The highest BCUT2D eigenvalue weighted by atomic mass is 35.5. The number of cyclic esters (lactones) is 1. The number of halogens is 1. The Morgan fingerprint density at radius 3 is 2.35 bits per heavy atom. The summed E-state index contributed by atoms with van der Waals surface area (Å²) in [5, 5.41) is 0.584. The lowest BCUT2D eigenvalue weighted by Gasteiger charge is -2.26. The first-order valence-corrected chi connectivity index (χ1v) is 6.78. The largest absolute Gasteiger partial charge is 0.482 e. The van der Waals surface area contributed by atoms with E-state index in [1.54, 1.807) is 38.1 Å². The van der Waals surface area contributed by atoms with Gasteiger partial charge in [0.2, 0.25) is 5.76 Å². The molecule has 0 bridgehead atoms. The molecule has 2 heterocycles. The lowest BCUT2D eigenvalue weighted by atomic mass is 9.87. The maximum absolute atomic E-state index is 12.4. The van der Waals surface area contributed by atoms with E-state index in [2.05, 4.69) is 0 Å². The first kappa shape index (κ1) is 13.2. The zero-order chi connectivity index (χ0) is 14.4. The van der Waals surface area contributed by atoms with Crippen molar-refractivity contribution in [3.8, 4) is 0 Å². The van der Waals surface area contributed by atoms with Gasteiger partial charge in [0, 0.05) is 5.02 Å². The van der Waals surface area contributed by atoms with Gasteiger partial charge >= 0.3 is 5.97 Å². The van der Waals surface area contributed by atoms with Crippen molar-refractivity contribution < 1.29 is 19.1 Å². The van der Waals surface area contributed by atoms with Crippen LogP contribution in [0.5, 0.6) is 0 Å². The number of ether oxygens (including phenoxy) is 2. The Morgan fingerprint density at radius 1 is 1.05 bits per heavy atom. The van der Waals surface area contributed by atoms with Crippen molar-refractivity contribution >= 4 is 23.4 Å². The number of carbonyl (C=O) groups is 2. The van der Waals surface area contributed by atoms with Crippen molar-refractivity contribution in [2.24, 2.45) is 5.92 Å². The van der Waals surface area contributed by atoms with Crippen molar-refractivity contribution in [1.29, 1.82) is 0 Å². The van der Waals surface area contributed by atoms with E-state index in [1.165, 1.54) is 0 Å². The van der Waals surface area contributed by atoms with Crippen LogP contribution in [0.2, 0.25) is 5.02 Å². The van der Waals surface area contributed by atoms with Crippen LogP contribution in [0.3, 0.4) is 0 Å². The predicted molar refractivity (Wildman–Crippen MR) is 72.0 cm³/mol. The van der Waals surface area contributed by atoms with Crippen molar-refractivity contribution in [2.45, 2.75) is 26.1 Å². The topological polar surface area (TPSA) is 52.6 Å². The summed E-state index contributed by atoms with van der Waals surface area (Å²) in [4.78, 5) is 24.3. The Labute approximate surface area is 121 Å². The maximum atomic E-state index is 12.4. The smallest absolute Gasteiger partial charge is 0.375 e. The number of hydrogen-bond donors (Lipinski definition) is 0. The fourth-order valence-corrected chi connectivity index (χ4v) is 2.55. The van der Waals surface area contributed by atoms with Gasteiger partial charge in [-0.05, 0) is 24.6 Å². The molecule has 0 aliphatic carbocycles. The first-order chi connectivity index (χ1) is 9.49. The number of esters is 1. The third-order valence-electron chi connectivity index (χ3n) is 3.78. The average molecular weight is 293 g/mol. The number of hydrogen-bond acceptors (Lipinski definition) is 4. The molecule has 3 rings (SSSR count). The summed E-state index contributed by atoms with van der Waals surface area (Å²) in [6.07, 6.45) is -1.02. The quantitative estimate of drug-likeness (QED) is 0.747.